The molecule has 0 radical (unpaired) electrons. The van der Waals surface area contributed by atoms with Crippen LogP contribution < -0.4 is 0 Å². The van der Waals surface area contributed by atoms with Crippen LogP contribution in [-0.4, -0.2) is 211 Å². The van der Waals surface area contributed by atoms with E-state index in [0.29, 0.717) is 38.5 Å². The fourth-order valence-corrected chi connectivity index (χ4v) is 16.2. The fourth-order valence-electron chi connectivity index (χ4n) is 16.2. The van der Waals surface area contributed by atoms with Crippen LogP contribution in [0.15, 0.2) is 11.6 Å². The van der Waals surface area contributed by atoms with Crippen molar-refractivity contribution in [3.63, 3.8) is 0 Å². The maximum absolute atomic E-state index is 14.8. The minimum atomic E-state index is -2.00. The van der Waals surface area contributed by atoms with Crippen LogP contribution in [0, 0.1) is 50.2 Å². The molecule has 438 valence electrons. The summed E-state index contributed by atoms with van der Waals surface area (Å²) < 4.78 is 54.1. The molecule has 77 heavy (non-hydrogen) atoms. The van der Waals surface area contributed by atoms with Crippen LogP contribution >= 0.6 is 0 Å². The zero-order valence-corrected chi connectivity index (χ0v) is 45.3. The summed E-state index contributed by atoms with van der Waals surface area (Å²) in [5.41, 5.74) is -1.39. The van der Waals surface area contributed by atoms with Gasteiger partial charge in [0.05, 0.1) is 31.3 Å². The third kappa shape index (κ3) is 9.92. The molecule has 8 fully saturated rings. The Morgan fingerprint density at radius 3 is 1.82 bits per heavy atom. The van der Waals surface area contributed by atoms with Crippen LogP contribution in [0.25, 0.3) is 0 Å². The van der Waals surface area contributed by atoms with Gasteiger partial charge in [0.1, 0.15) is 67.1 Å². The van der Waals surface area contributed by atoms with E-state index < -0.39 is 165 Å². The summed E-state index contributed by atoms with van der Waals surface area (Å²) in [6.07, 6.45) is -22.2. The normalized spacial score (nSPS) is 51.3. The van der Waals surface area contributed by atoms with E-state index in [1.165, 1.54) is 5.57 Å². The van der Waals surface area contributed by atoms with Gasteiger partial charge in [0, 0.05) is 6.92 Å². The molecule has 4 heterocycles. The lowest BCUT2D eigenvalue weighted by Gasteiger charge is -2.71. The minimum absolute atomic E-state index is 0.0145. The van der Waals surface area contributed by atoms with Gasteiger partial charge in [-0.2, -0.15) is 0 Å². The number of aliphatic hydroxyl groups is 10. The Morgan fingerprint density at radius 2 is 1.22 bits per heavy atom. The van der Waals surface area contributed by atoms with Gasteiger partial charge in [0.2, 0.25) is 6.29 Å². The molecule has 0 unspecified atom stereocenters. The van der Waals surface area contributed by atoms with Crippen molar-refractivity contribution in [3.8, 4) is 0 Å². The van der Waals surface area contributed by atoms with E-state index in [1.807, 2.05) is 0 Å². The van der Waals surface area contributed by atoms with Crippen molar-refractivity contribution in [2.45, 2.75) is 236 Å². The van der Waals surface area contributed by atoms with Crippen LogP contribution in [0.4, 0.5) is 0 Å². The molecule has 23 heteroatoms. The first kappa shape index (κ1) is 59.1. The molecule has 4 saturated carbocycles. The van der Waals surface area contributed by atoms with Crippen molar-refractivity contribution in [3.05, 3.63) is 11.6 Å². The largest absolute Gasteiger partial charge is 0.479 e. The monoisotopic (exact) mass is 1100 g/mol. The first-order valence-electron chi connectivity index (χ1n) is 27.5. The number of rotatable bonds is 11. The highest BCUT2D eigenvalue weighted by atomic mass is 16.8. The van der Waals surface area contributed by atoms with Gasteiger partial charge < -0.3 is 98.8 Å². The molecule has 0 spiro atoms. The fraction of sp³-hybridized carbons (Fsp3) is 0.907. The van der Waals surface area contributed by atoms with Gasteiger partial charge in [0.15, 0.2) is 37.2 Å². The molecule has 0 aromatic heterocycles. The van der Waals surface area contributed by atoms with E-state index in [9.17, 15) is 70.6 Å². The Morgan fingerprint density at radius 1 is 0.623 bits per heavy atom. The van der Waals surface area contributed by atoms with Crippen LogP contribution in [-0.2, 0) is 57.0 Å². The summed E-state index contributed by atoms with van der Waals surface area (Å²) in [5, 5.41) is 116. The lowest BCUT2D eigenvalue weighted by Crippen LogP contribution is -2.68. The number of carboxylic acids is 1. The second-order valence-electron chi connectivity index (χ2n) is 26.0. The molecule has 9 rings (SSSR count). The number of hydrogen-bond acceptors (Lipinski definition) is 22. The molecule has 0 aromatic rings. The third-order valence-electron chi connectivity index (χ3n) is 20.9. The quantitative estimate of drug-likeness (QED) is 0.0731. The molecule has 5 aliphatic carbocycles. The summed E-state index contributed by atoms with van der Waals surface area (Å²) in [4.78, 5) is 41.0. The summed E-state index contributed by atoms with van der Waals surface area (Å²) >= 11 is 0. The van der Waals surface area contributed by atoms with Crippen molar-refractivity contribution in [1.29, 1.82) is 0 Å². The summed E-state index contributed by atoms with van der Waals surface area (Å²) in [6, 6.07) is 0. The molecule has 0 amide bonds. The average molecular weight is 1100 g/mol. The van der Waals surface area contributed by atoms with E-state index in [4.69, 9.17) is 42.6 Å². The highest BCUT2D eigenvalue weighted by molar-refractivity contribution is 5.79. The Kier molecular flexibility index (Phi) is 16.4. The Bertz CT molecular complexity index is 2210. The predicted molar refractivity (Wildman–Crippen MR) is 261 cm³/mol. The highest BCUT2D eigenvalue weighted by Crippen LogP contribution is 2.76. The second kappa shape index (κ2) is 21.3. The predicted octanol–water partition coefficient (Wildman–Crippen LogP) is -0.0940. The summed E-state index contributed by atoms with van der Waals surface area (Å²) in [7, 11) is 0. The Balaban J connectivity index is 1.000. The molecule has 4 aliphatic heterocycles. The lowest BCUT2D eigenvalue weighted by atomic mass is 9.33. The number of allylic oxidation sites excluding steroid dienone is 2. The number of carbonyl (C=O) groups is 3. The van der Waals surface area contributed by atoms with Gasteiger partial charge in [-0.3, -0.25) is 9.59 Å². The zero-order valence-electron chi connectivity index (χ0n) is 45.3. The van der Waals surface area contributed by atoms with Crippen LogP contribution in [0.2, 0.25) is 0 Å². The van der Waals surface area contributed by atoms with Crippen LogP contribution in [0.3, 0.4) is 0 Å². The molecule has 4 saturated heterocycles. The molecule has 23 nitrogen and oxygen atoms in total. The molecule has 9 aliphatic rings. The van der Waals surface area contributed by atoms with Crippen molar-refractivity contribution in [2.24, 2.45) is 50.2 Å². The maximum atomic E-state index is 14.8. The maximum Gasteiger partial charge on any atom is 0.335 e. The van der Waals surface area contributed by atoms with Gasteiger partial charge >= 0.3 is 17.9 Å². The SMILES string of the molecule is CC(=O)O[C@@H]1[C@@H](O[C@@H]2OC[C@@H](O)[C@H](O)[C@H]2O)[C@H](O[C@H]2CC[C@]3(C)[C@H]4CC=C5[C@@H]6CC(C)(C)CC[C@]6(C(=O)O[C@@H]6O[C@H](CO)[C@@H](O)[C@H](O)[C@H]6O)CC[C@@]5(C)[C@]4(C)CC[C@H]3C2(C)C)O[C@H](C(=O)O)[C@H]1O[C@@H]1OC[C@@H](O)[C@H](O)[C@H]1O. The molecule has 0 bridgehead atoms. The topological polar surface area (TPSA) is 357 Å². The highest BCUT2D eigenvalue weighted by Gasteiger charge is 2.70. The lowest BCUT2D eigenvalue weighted by molar-refractivity contribution is -0.382. The Labute approximate surface area is 448 Å². The number of carbonyl (C=O) groups excluding carboxylic acids is 2. The van der Waals surface area contributed by atoms with Crippen LogP contribution in [0.5, 0.6) is 0 Å². The molecular formula is C54H84O23. The smallest absolute Gasteiger partial charge is 0.335 e. The Hall–Kier alpha value is -2.53. The van der Waals surface area contributed by atoms with E-state index in [2.05, 4.69) is 54.5 Å². The number of fused-ring (bicyclic) bond motifs is 7. The standard InChI is InChI=1S/C54H84O23/c1-23(56)71-40-39(74-44-36(63)32(59)26(57)21-69-44)41(43(66)67)75-47(42(40)76-45-37(64)33(60)27(58)22-70-45)73-31-12-13-51(6)29(50(31,4)5)11-14-53(8)30(51)10-9-24-25-19-49(2,3)15-17-54(25,18-16-52(24,53)7)48(68)77-46-38(65)35(62)34(61)28(20-55)72-46/h9,25-42,44-47,55,57-65H,10-22H2,1-8H3,(H,66,67)/t25-,26+,27+,28+,29-,30+,31-,32-,33-,34+,35-,36+,37+,38+,39-,40-,41-,42+,44-,45-,46-,47+,51-,52+,53+,54-/m0/s1. The minimum Gasteiger partial charge on any atom is -0.479 e. The van der Waals surface area contributed by atoms with Crippen molar-refractivity contribution in [1.82, 2.24) is 0 Å². The van der Waals surface area contributed by atoms with Gasteiger partial charge in [-0.1, -0.05) is 60.1 Å². The van der Waals surface area contributed by atoms with E-state index in [0.717, 1.165) is 32.6 Å². The first-order valence-corrected chi connectivity index (χ1v) is 27.5. The number of hydrogen-bond donors (Lipinski definition) is 11. The number of esters is 2. The number of ether oxygens (including phenoxy) is 9. The van der Waals surface area contributed by atoms with Gasteiger partial charge in [-0.15, -0.1) is 0 Å². The van der Waals surface area contributed by atoms with E-state index >= 15 is 0 Å². The number of aliphatic carboxylic acids is 1. The van der Waals surface area contributed by atoms with Crippen molar-refractivity contribution < 1.29 is 113 Å². The van der Waals surface area contributed by atoms with E-state index in [-0.39, 0.29) is 39.4 Å². The summed E-state index contributed by atoms with van der Waals surface area (Å²) in [6.45, 7) is 15.1. The summed E-state index contributed by atoms with van der Waals surface area (Å²) in [5.74, 6) is -3.09. The van der Waals surface area contributed by atoms with Crippen molar-refractivity contribution in [2.75, 3.05) is 19.8 Å². The zero-order chi connectivity index (χ0) is 56.3. The van der Waals surface area contributed by atoms with Gasteiger partial charge in [0.25, 0.3) is 0 Å². The molecule has 26 atom stereocenters. The average Bonchev–Trinajstić information content (AvgIpc) is 3.54. The first-order chi connectivity index (χ1) is 36.0. The van der Waals surface area contributed by atoms with Crippen LogP contribution in [0.1, 0.15) is 120 Å². The third-order valence-corrected chi connectivity index (χ3v) is 20.9. The number of carboxylic acid groups (broad SMARTS) is 1. The van der Waals surface area contributed by atoms with Crippen molar-refractivity contribution >= 4 is 17.9 Å². The second-order valence-corrected chi connectivity index (χ2v) is 26.0. The number of aliphatic hydroxyl groups excluding tert-OH is 10. The molecule has 0 aromatic carbocycles. The van der Waals surface area contributed by atoms with Gasteiger partial charge in [-0.05, 0) is 109 Å². The van der Waals surface area contributed by atoms with Gasteiger partial charge in [-0.25, -0.2) is 4.79 Å². The molecule has 11 N–H and O–H groups in total. The van der Waals surface area contributed by atoms with E-state index in [1.54, 1.807) is 0 Å². The molecular weight excluding hydrogens is 1020 g/mol.